The van der Waals surface area contributed by atoms with E-state index in [1.807, 2.05) is 42.5 Å². The maximum atomic E-state index is 11.8. The van der Waals surface area contributed by atoms with Crippen molar-refractivity contribution in [1.82, 2.24) is 5.16 Å². The third-order valence-corrected chi connectivity index (χ3v) is 3.26. The molecule has 4 heteroatoms. The topological polar surface area (TPSA) is 52.3 Å². The SMILES string of the molecule is Cc1cc(C(=O)OCc2ccc(-c3ccccc3)cc2)on1. The van der Waals surface area contributed by atoms with Crippen molar-refractivity contribution in [3.8, 4) is 11.1 Å². The molecule has 0 aliphatic carbocycles. The highest BCUT2D eigenvalue weighted by Crippen LogP contribution is 2.19. The number of carbonyl (C=O) groups is 1. The van der Waals surface area contributed by atoms with Crippen molar-refractivity contribution in [3.05, 3.63) is 77.7 Å². The smallest absolute Gasteiger partial charge is 0.377 e. The van der Waals surface area contributed by atoms with E-state index >= 15 is 0 Å². The highest BCUT2D eigenvalue weighted by Gasteiger charge is 2.13. The Kier molecular flexibility index (Phi) is 4.01. The Morgan fingerprint density at radius 2 is 1.73 bits per heavy atom. The van der Waals surface area contributed by atoms with Crippen molar-refractivity contribution < 1.29 is 14.1 Å². The average molecular weight is 293 g/mol. The minimum Gasteiger partial charge on any atom is -0.455 e. The molecule has 0 spiro atoms. The van der Waals surface area contributed by atoms with Crippen molar-refractivity contribution in [2.75, 3.05) is 0 Å². The van der Waals surface area contributed by atoms with Gasteiger partial charge in [0.25, 0.3) is 0 Å². The number of rotatable bonds is 4. The Morgan fingerprint density at radius 1 is 1.05 bits per heavy atom. The van der Waals surface area contributed by atoms with E-state index in [2.05, 4.69) is 17.3 Å². The van der Waals surface area contributed by atoms with Crippen molar-refractivity contribution in [3.63, 3.8) is 0 Å². The summed E-state index contributed by atoms with van der Waals surface area (Å²) in [5.41, 5.74) is 3.85. The predicted molar refractivity (Wildman–Crippen MR) is 82.2 cm³/mol. The molecule has 0 aliphatic heterocycles. The summed E-state index contributed by atoms with van der Waals surface area (Å²) in [5, 5.41) is 3.66. The van der Waals surface area contributed by atoms with Gasteiger partial charge >= 0.3 is 5.97 Å². The molecule has 0 radical (unpaired) electrons. The highest BCUT2D eigenvalue weighted by atomic mass is 16.6. The van der Waals surface area contributed by atoms with Gasteiger partial charge in [-0.25, -0.2) is 4.79 Å². The van der Waals surface area contributed by atoms with Crippen LogP contribution in [0.1, 0.15) is 21.8 Å². The van der Waals surface area contributed by atoms with E-state index in [0.29, 0.717) is 5.69 Å². The van der Waals surface area contributed by atoms with Crippen LogP contribution in [0, 0.1) is 6.92 Å². The largest absolute Gasteiger partial charge is 0.455 e. The fourth-order valence-electron chi connectivity index (χ4n) is 2.10. The third-order valence-electron chi connectivity index (χ3n) is 3.26. The normalized spacial score (nSPS) is 10.4. The molecular formula is C18H15NO3. The maximum Gasteiger partial charge on any atom is 0.377 e. The van der Waals surface area contributed by atoms with Crippen molar-refractivity contribution in [2.24, 2.45) is 0 Å². The first kappa shape index (κ1) is 14.1. The van der Waals surface area contributed by atoms with Crippen molar-refractivity contribution in [2.45, 2.75) is 13.5 Å². The molecule has 1 aromatic heterocycles. The van der Waals surface area contributed by atoms with Gasteiger partial charge in [0.15, 0.2) is 0 Å². The van der Waals surface area contributed by atoms with E-state index in [1.54, 1.807) is 13.0 Å². The van der Waals surface area contributed by atoms with Crippen molar-refractivity contribution >= 4 is 5.97 Å². The molecule has 0 amide bonds. The molecule has 0 N–H and O–H groups in total. The number of nitrogens with zero attached hydrogens (tertiary/aromatic N) is 1. The molecule has 3 aromatic rings. The average Bonchev–Trinajstić information content (AvgIpc) is 3.00. The molecule has 110 valence electrons. The second-order valence-electron chi connectivity index (χ2n) is 4.97. The van der Waals surface area contributed by atoms with E-state index in [9.17, 15) is 4.79 Å². The lowest BCUT2D eigenvalue weighted by Gasteiger charge is -2.05. The second kappa shape index (κ2) is 6.26. The quantitative estimate of drug-likeness (QED) is 0.682. The lowest BCUT2D eigenvalue weighted by Crippen LogP contribution is -2.03. The van der Waals surface area contributed by atoms with E-state index in [4.69, 9.17) is 9.26 Å². The van der Waals surface area contributed by atoms with Crippen LogP contribution in [-0.4, -0.2) is 11.1 Å². The van der Waals surface area contributed by atoms with Gasteiger partial charge in [0, 0.05) is 6.07 Å². The van der Waals surface area contributed by atoms with E-state index in [1.165, 1.54) is 0 Å². The molecule has 0 unspecified atom stereocenters. The van der Waals surface area contributed by atoms with E-state index in [-0.39, 0.29) is 12.4 Å². The molecule has 0 fully saturated rings. The van der Waals surface area contributed by atoms with Gasteiger partial charge < -0.3 is 9.26 Å². The predicted octanol–water partition coefficient (Wildman–Crippen LogP) is 4.01. The summed E-state index contributed by atoms with van der Waals surface area (Å²) < 4.78 is 10.1. The summed E-state index contributed by atoms with van der Waals surface area (Å²) in [7, 11) is 0. The van der Waals surface area contributed by atoms with Gasteiger partial charge in [-0.2, -0.15) is 0 Å². The summed E-state index contributed by atoms with van der Waals surface area (Å²) in [6.07, 6.45) is 0. The van der Waals surface area contributed by atoms with Gasteiger partial charge in [0.1, 0.15) is 6.61 Å². The Morgan fingerprint density at radius 3 is 2.36 bits per heavy atom. The Hall–Kier alpha value is -2.88. The Bertz CT molecular complexity index is 761. The number of aromatic nitrogens is 1. The van der Waals surface area contributed by atoms with Crippen LogP contribution in [-0.2, 0) is 11.3 Å². The number of carbonyl (C=O) groups excluding carboxylic acids is 1. The van der Waals surface area contributed by atoms with Crippen molar-refractivity contribution in [1.29, 1.82) is 0 Å². The molecule has 1 heterocycles. The summed E-state index contributed by atoms with van der Waals surface area (Å²) in [4.78, 5) is 11.8. The summed E-state index contributed by atoms with van der Waals surface area (Å²) >= 11 is 0. The van der Waals surface area contributed by atoms with Crippen LogP contribution in [0.5, 0.6) is 0 Å². The first-order chi connectivity index (χ1) is 10.7. The number of ether oxygens (including phenoxy) is 1. The van der Waals surface area contributed by atoms with Gasteiger partial charge in [0.05, 0.1) is 5.69 Å². The van der Waals surface area contributed by atoms with Gasteiger partial charge in [-0.1, -0.05) is 59.8 Å². The molecule has 4 nitrogen and oxygen atoms in total. The van der Waals surface area contributed by atoms with Crippen LogP contribution in [0.25, 0.3) is 11.1 Å². The molecule has 22 heavy (non-hydrogen) atoms. The molecular weight excluding hydrogens is 278 g/mol. The number of hydrogen-bond donors (Lipinski definition) is 0. The fraction of sp³-hybridized carbons (Fsp3) is 0.111. The Labute approximate surface area is 128 Å². The zero-order chi connectivity index (χ0) is 15.4. The first-order valence-electron chi connectivity index (χ1n) is 6.97. The molecule has 3 rings (SSSR count). The molecule has 0 aliphatic rings. The number of benzene rings is 2. The van der Waals surface area contributed by atoms with Crippen LogP contribution < -0.4 is 0 Å². The third kappa shape index (κ3) is 3.23. The van der Waals surface area contributed by atoms with Gasteiger partial charge in [-0.3, -0.25) is 0 Å². The summed E-state index contributed by atoms with van der Waals surface area (Å²) in [5.74, 6) is -0.383. The lowest BCUT2D eigenvalue weighted by molar-refractivity contribution is 0.0426. The van der Waals surface area contributed by atoms with E-state index < -0.39 is 5.97 Å². The van der Waals surface area contributed by atoms with Crippen LogP contribution in [0.4, 0.5) is 0 Å². The second-order valence-corrected chi connectivity index (χ2v) is 4.97. The number of esters is 1. The lowest BCUT2D eigenvalue weighted by atomic mass is 10.0. The molecule has 0 bridgehead atoms. The monoisotopic (exact) mass is 293 g/mol. The zero-order valence-electron chi connectivity index (χ0n) is 12.2. The summed E-state index contributed by atoms with van der Waals surface area (Å²) in [6, 6.07) is 19.6. The minimum atomic E-state index is -0.507. The molecule has 0 saturated carbocycles. The molecule has 2 aromatic carbocycles. The highest BCUT2D eigenvalue weighted by molar-refractivity contribution is 5.86. The standard InChI is InChI=1S/C18H15NO3/c1-13-11-17(22-19-13)18(20)21-12-14-7-9-16(10-8-14)15-5-3-2-4-6-15/h2-11H,12H2,1H3. The zero-order valence-corrected chi connectivity index (χ0v) is 12.2. The van der Waals surface area contributed by atoms with Crippen LogP contribution in [0.2, 0.25) is 0 Å². The Balaban J connectivity index is 1.63. The van der Waals surface area contributed by atoms with Crippen LogP contribution >= 0.6 is 0 Å². The van der Waals surface area contributed by atoms with E-state index in [0.717, 1.165) is 16.7 Å². The first-order valence-corrected chi connectivity index (χ1v) is 6.97. The number of aryl methyl sites for hydroxylation is 1. The number of hydrogen-bond acceptors (Lipinski definition) is 4. The van der Waals surface area contributed by atoms with Gasteiger partial charge in [-0.05, 0) is 23.6 Å². The van der Waals surface area contributed by atoms with Gasteiger partial charge in [0.2, 0.25) is 5.76 Å². The summed E-state index contributed by atoms with van der Waals surface area (Å²) in [6.45, 7) is 1.95. The van der Waals surface area contributed by atoms with Gasteiger partial charge in [-0.15, -0.1) is 0 Å². The van der Waals surface area contributed by atoms with Crippen LogP contribution in [0.15, 0.2) is 65.2 Å². The maximum absolute atomic E-state index is 11.8. The molecule has 0 saturated heterocycles. The van der Waals surface area contributed by atoms with Crippen LogP contribution in [0.3, 0.4) is 0 Å². The fourth-order valence-corrected chi connectivity index (χ4v) is 2.10. The minimum absolute atomic E-state index is 0.124. The molecule has 0 atom stereocenters.